The minimum atomic E-state index is 0.504. The van der Waals surface area contributed by atoms with Crippen molar-refractivity contribution in [2.45, 2.75) is 13.3 Å². The molecule has 9 heavy (non-hydrogen) atoms. The summed E-state index contributed by atoms with van der Waals surface area (Å²) >= 11 is 0. The van der Waals surface area contributed by atoms with E-state index in [9.17, 15) is 0 Å². The average Bonchev–Trinajstić information content (AvgIpc) is 2.17. The Labute approximate surface area is 54.1 Å². The Morgan fingerprint density at radius 1 is 1.78 bits per heavy atom. The van der Waals surface area contributed by atoms with Gasteiger partial charge in [0, 0.05) is 11.9 Å². The zero-order chi connectivity index (χ0) is 6.69. The summed E-state index contributed by atoms with van der Waals surface area (Å²) in [4.78, 5) is 3.00. The summed E-state index contributed by atoms with van der Waals surface area (Å²) in [6.07, 6.45) is 2.36. The number of aromatic nitrogens is 1. The van der Waals surface area contributed by atoms with Gasteiger partial charge in [0.2, 0.25) is 0 Å². The zero-order valence-corrected chi connectivity index (χ0v) is 5.31. The summed E-state index contributed by atoms with van der Waals surface area (Å²) in [7, 11) is 0. The number of nitrogens with one attached hydrogen (secondary N) is 1. The van der Waals surface area contributed by atoms with E-state index in [4.69, 9.17) is 5.26 Å². The molecule has 0 unspecified atom stereocenters. The first-order valence-electron chi connectivity index (χ1n) is 2.84. The fourth-order valence-corrected chi connectivity index (χ4v) is 0.761. The number of H-pyrrole nitrogens is 1. The van der Waals surface area contributed by atoms with E-state index in [1.807, 2.05) is 19.2 Å². The molecule has 2 nitrogen and oxygen atoms in total. The predicted octanol–water partition coefficient (Wildman–Crippen LogP) is 1.39. The van der Waals surface area contributed by atoms with Crippen LogP contribution in [0.2, 0.25) is 0 Å². The molecule has 2 heteroatoms. The first-order valence-corrected chi connectivity index (χ1v) is 2.84. The van der Waals surface area contributed by atoms with Crippen molar-refractivity contribution < 1.29 is 0 Å². The highest BCUT2D eigenvalue weighted by molar-refractivity contribution is 5.18. The molecule has 0 fully saturated rings. The molecule has 1 N–H and O–H groups in total. The maximum absolute atomic E-state index is 8.27. The lowest BCUT2D eigenvalue weighted by Gasteiger charge is -1.77. The molecule has 1 rings (SSSR count). The van der Waals surface area contributed by atoms with Crippen LogP contribution in [0.5, 0.6) is 0 Å². The molecule has 0 bridgehead atoms. The number of hydrogen-bond acceptors (Lipinski definition) is 1. The maximum Gasteiger partial charge on any atom is 0.0670 e. The minimum absolute atomic E-state index is 0.504. The Morgan fingerprint density at radius 2 is 2.56 bits per heavy atom. The molecule has 0 radical (unpaired) electrons. The van der Waals surface area contributed by atoms with Crippen LogP contribution < -0.4 is 0 Å². The van der Waals surface area contributed by atoms with Crippen LogP contribution in [-0.4, -0.2) is 4.98 Å². The normalized spacial score (nSPS) is 8.89. The molecule has 0 aromatic carbocycles. The van der Waals surface area contributed by atoms with E-state index in [0.29, 0.717) is 6.42 Å². The highest BCUT2D eigenvalue weighted by Gasteiger charge is 1.91. The largest absolute Gasteiger partial charge is 0.365 e. The quantitative estimate of drug-likeness (QED) is 0.597. The van der Waals surface area contributed by atoms with Gasteiger partial charge >= 0.3 is 0 Å². The van der Waals surface area contributed by atoms with Crippen molar-refractivity contribution in [3.8, 4) is 6.07 Å². The molecule has 0 saturated heterocycles. The highest BCUT2D eigenvalue weighted by atomic mass is 14.7. The molecule has 46 valence electrons. The van der Waals surface area contributed by atoms with Gasteiger partial charge in [0.15, 0.2) is 0 Å². The van der Waals surface area contributed by atoms with Gasteiger partial charge in [-0.05, 0) is 18.6 Å². The van der Waals surface area contributed by atoms with E-state index >= 15 is 0 Å². The monoisotopic (exact) mass is 120 g/mol. The second-order valence-electron chi connectivity index (χ2n) is 2.03. The molecular weight excluding hydrogens is 112 g/mol. The fourth-order valence-electron chi connectivity index (χ4n) is 0.761. The first-order chi connectivity index (χ1) is 4.33. The average molecular weight is 120 g/mol. The summed E-state index contributed by atoms with van der Waals surface area (Å²) < 4.78 is 0. The number of aryl methyl sites for hydroxylation is 1. The Balaban J connectivity index is 2.76. The third-order valence-corrected chi connectivity index (χ3v) is 1.17. The molecule has 0 aliphatic rings. The van der Waals surface area contributed by atoms with Gasteiger partial charge in [0.1, 0.15) is 0 Å². The van der Waals surface area contributed by atoms with Crippen LogP contribution in [0.1, 0.15) is 11.3 Å². The smallest absolute Gasteiger partial charge is 0.0670 e. The number of aromatic amines is 1. The van der Waals surface area contributed by atoms with Crippen LogP contribution in [-0.2, 0) is 6.42 Å². The van der Waals surface area contributed by atoms with Gasteiger partial charge in [-0.25, -0.2) is 0 Å². The zero-order valence-electron chi connectivity index (χ0n) is 5.31. The highest BCUT2D eigenvalue weighted by Crippen LogP contribution is 2.00. The van der Waals surface area contributed by atoms with Gasteiger partial charge in [-0.3, -0.25) is 0 Å². The van der Waals surface area contributed by atoms with E-state index in [-0.39, 0.29) is 0 Å². The van der Waals surface area contributed by atoms with Crippen molar-refractivity contribution in [3.63, 3.8) is 0 Å². The van der Waals surface area contributed by atoms with Gasteiger partial charge in [-0.15, -0.1) is 0 Å². The van der Waals surface area contributed by atoms with Crippen LogP contribution in [0, 0.1) is 18.3 Å². The van der Waals surface area contributed by atoms with Crippen molar-refractivity contribution in [2.75, 3.05) is 0 Å². The maximum atomic E-state index is 8.27. The summed E-state index contributed by atoms with van der Waals surface area (Å²) in [6, 6.07) is 4.05. The van der Waals surface area contributed by atoms with Crippen LogP contribution >= 0.6 is 0 Å². The molecule has 1 aromatic rings. The van der Waals surface area contributed by atoms with Crippen LogP contribution in [0.15, 0.2) is 12.3 Å². The Morgan fingerprint density at radius 3 is 3.00 bits per heavy atom. The molecular formula is C7H8N2. The minimum Gasteiger partial charge on any atom is -0.365 e. The fraction of sp³-hybridized carbons (Fsp3) is 0.286. The molecule has 0 atom stereocenters. The van der Waals surface area contributed by atoms with Gasteiger partial charge in [-0.1, -0.05) is 0 Å². The molecule has 0 aliphatic carbocycles. The van der Waals surface area contributed by atoms with Crippen molar-refractivity contribution in [2.24, 2.45) is 0 Å². The molecule has 0 saturated carbocycles. The van der Waals surface area contributed by atoms with Crippen LogP contribution in [0.4, 0.5) is 0 Å². The summed E-state index contributed by atoms with van der Waals surface area (Å²) in [5.74, 6) is 0. The summed E-state index contributed by atoms with van der Waals surface area (Å²) in [6.45, 7) is 1.97. The molecule has 1 aromatic heterocycles. The van der Waals surface area contributed by atoms with Crippen LogP contribution in [0.25, 0.3) is 0 Å². The van der Waals surface area contributed by atoms with E-state index in [1.54, 1.807) is 0 Å². The molecule has 0 spiro atoms. The first kappa shape index (κ1) is 5.90. The lowest BCUT2D eigenvalue weighted by atomic mass is 10.2. The third-order valence-electron chi connectivity index (χ3n) is 1.17. The van der Waals surface area contributed by atoms with Crippen molar-refractivity contribution in [1.82, 2.24) is 4.98 Å². The van der Waals surface area contributed by atoms with Crippen molar-refractivity contribution in [3.05, 3.63) is 23.5 Å². The molecule has 1 heterocycles. The lowest BCUT2D eigenvalue weighted by molar-refractivity contribution is 1.25. The van der Waals surface area contributed by atoms with Crippen LogP contribution in [0.3, 0.4) is 0 Å². The van der Waals surface area contributed by atoms with Gasteiger partial charge < -0.3 is 4.98 Å². The number of hydrogen-bond donors (Lipinski definition) is 1. The second-order valence-corrected chi connectivity index (χ2v) is 2.03. The second kappa shape index (κ2) is 2.36. The standard InChI is InChI=1S/C7H8N2/c1-6-4-7(2-3-8)5-9-6/h4-5,9H,2H2,1H3. The van der Waals surface area contributed by atoms with E-state index in [2.05, 4.69) is 11.1 Å². The van der Waals surface area contributed by atoms with Gasteiger partial charge in [0.25, 0.3) is 0 Å². The molecule has 0 amide bonds. The number of nitriles is 1. The van der Waals surface area contributed by atoms with E-state index < -0.39 is 0 Å². The summed E-state index contributed by atoms with van der Waals surface area (Å²) in [5, 5.41) is 8.27. The van der Waals surface area contributed by atoms with Crippen molar-refractivity contribution >= 4 is 0 Å². The van der Waals surface area contributed by atoms with Gasteiger partial charge in [0.05, 0.1) is 12.5 Å². The van der Waals surface area contributed by atoms with Crippen molar-refractivity contribution in [1.29, 1.82) is 5.26 Å². The lowest BCUT2D eigenvalue weighted by Crippen LogP contribution is -1.71. The Bertz CT molecular complexity index is 229. The van der Waals surface area contributed by atoms with E-state index in [1.165, 1.54) is 0 Å². The van der Waals surface area contributed by atoms with Gasteiger partial charge in [-0.2, -0.15) is 5.26 Å². The predicted molar refractivity (Wildman–Crippen MR) is 34.8 cm³/mol. The molecule has 0 aliphatic heterocycles. The number of nitrogens with zero attached hydrogens (tertiary/aromatic N) is 1. The SMILES string of the molecule is Cc1cc(CC#N)c[nH]1. The third kappa shape index (κ3) is 1.33. The Hall–Kier alpha value is -1.23. The topological polar surface area (TPSA) is 39.6 Å². The Kier molecular flexibility index (Phi) is 1.55. The number of rotatable bonds is 1. The summed E-state index contributed by atoms with van der Waals surface area (Å²) in [5.41, 5.74) is 2.18. The van der Waals surface area contributed by atoms with E-state index in [0.717, 1.165) is 11.3 Å².